The Hall–Kier alpha value is -1.80. The van der Waals surface area contributed by atoms with Crippen molar-refractivity contribution >= 4 is 0 Å². The van der Waals surface area contributed by atoms with Gasteiger partial charge in [-0.2, -0.15) is 0 Å². The third-order valence-electron chi connectivity index (χ3n) is 25.1. The molecule has 0 aromatic heterocycles. The standard InChI is InChI=1S/C114H218O6/c1-7-13-19-25-31-37-43-49-55-61-67-73-79-85-91-97-103-115-109-111(117-105-99-93-87-81-75-69-63-57-51-45-39-33-27-21-15-9-3)113(119-107-101-95-89-83-77-71-65-59-53-47-41-35-29-23-17-11-5)114(120-108-102-96-90-84-78-72-66-60-54-48-42-36-30-24-18-12-6)112(118-106-100-94-88-82-76-70-64-58-52-46-40-34-28-22-16-10-4)110-116-104-98-92-86-80-74-68-62-56-50-44-38-32-26-20-14-8-2/h49-60,111-114H,7-48,61-110H2,1-6H3/b55-49+,56-50+,57-51+,58-52+,59-53+,60-54+/t111-,112+,113-,114-/m1/s1. The van der Waals surface area contributed by atoms with Gasteiger partial charge in [0.2, 0.25) is 0 Å². The molecular weight excluding hydrogens is 1470 g/mol. The van der Waals surface area contributed by atoms with Gasteiger partial charge in [-0.25, -0.2) is 0 Å². The molecule has 6 heteroatoms. The van der Waals surface area contributed by atoms with Crippen LogP contribution in [-0.2, 0) is 28.4 Å². The summed E-state index contributed by atoms with van der Waals surface area (Å²) in [5, 5.41) is 0. The van der Waals surface area contributed by atoms with Crippen molar-refractivity contribution in [2.24, 2.45) is 0 Å². The molecule has 0 unspecified atom stereocenters. The molecule has 0 spiro atoms. The van der Waals surface area contributed by atoms with Crippen LogP contribution in [0.15, 0.2) is 72.9 Å². The maximum absolute atomic E-state index is 7.50. The molecule has 0 aliphatic heterocycles. The lowest BCUT2D eigenvalue weighted by atomic mass is 10.0. The number of ether oxygens (including phenoxy) is 6. The quantitative estimate of drug-likeness (QED) is 0.0447. The predicted octanol–water partition coefficient (Wildman–Crippen LogP) is 38.8. The van der Waals surface area contributed by atoms with Gasteiger partial charge in [0, 0.05) is 39.6 Å². The molecule has 0 aromatic rings. The maximum Gasteiger partial charge on any atom is 0.115 e. The fourth-order valence-electron chi connectivity index (χ4n) is 16.9. The molecule has 0 radical (unpaired) electrons. The van der Waals surface area contributed by atoms with Crippen molar-refractivity contribution in [2.45, 2.75) is 605 Å². The number of hydrogen-bond acceptors (Lipinski definition) is 6. The van der Waals surface area contributed by atoms with Gasteiger partial charge in [0.05, 0.1) is 13.2 Å². The fourth-order valence-corrected chi connectivity index (χ4v) is 16.9. The van der Waals surface area contributed by atoms with Gasteiger partial charge in [0.15, 0.2) is 0 Å². The third kappa shape index (κ3) is 96.8. The maximum atomic E-state index is 7.50. The molecule has 6 nitrogen and oxygen atoms in total. The van der Waals surface area contributed by atoms with E-state index in [9.17, 15) is 0 Å². The largest absolute Gasteiger partial charge is 0.379 e. The molecule has 710 valence electrons. The van der Waals surface area contributed by atoms with Crippen LogP contribution in [0.25, 0.3) is 0 Å². The van der Waals surface area contributed by atoms with E-state index in [4.69, 9.17) is 28.4 Å². The summed E-state index contributed by atoms with van der Waals surface area (Å²) in [6.45, 7) is 19.2. The highest BCUT2D eigenvalue weighted by atomic mass is 16.6. The third-order valence-corrected chi connectivity index (χ3v) is 25.1. The van der Waals surface area contributed by atoms with Gasteiger partial charge in [-0.05, 0) is 193 Å². The Morgan fingerprint density at radius 2 is 0.258 bits per heavy atom. The molecule has 0 aliphatic rings. The molecule has 0 amide bonds. The van der Waals surface area contributed by atoms with Crippen molar-refractivity contribution in [3.63, 3.8) is 0 Å². The van der Waals surface area contributed by atoms with Crippen LogP contribution >= 0.6 is 0 Å². The van der Waals surface area contributed by atoms with Gasteiger partial charge in [-0.1, -0.05) is 461 Å². The second-order valence-corrected chi connectivity index (χ2v) is 37.3. The Morgan fingerprint density at radius 1 is 0.133 bits per heavy atom. The number of rotatable bonds is 107. The Bertz CT molecular complexity index is 1870. The average Bonchev–Trinajstić information content (AvgIpc) is 0.841. The summed E-state index contributed by atoms with van der Waals surface area (Å²) < 4.78 is 43.5. The lowest BCUT2D eigenvalue weighted by Gasteiger charge is -2.37. The molecule has 4 atom stereocenters. The molecule has 0 aromatic carbocycles. The molecule has 0 bridgehead atoms. The Labute approximate surface area is 755 Å². The first-order valence-corrected chi connectivity index (χ1v) is 55.2. The zero-order valence-electron chi connectivity index (χ0n) is 82.7. The molecule has 0 rings (SSSR count). The van der Waals surface area contributed by atoms with Crippen LogP contribution in [-0.4, -0.2) is 77.3 Å². The lowest BCUT2D eigenvalue weighted by Crippen LogP contribution is -2.53. The molecule has 0 N–H and O–H groups in total. The minimum absolute atomic E-state index is 0.270. The molecule has 0 aliphatic carbocycles. The summed E-state index contributed by atoms with van der Waals surface area (Å²) in [5.41, 5.74) is 0. The molecule has 0 heterocycles. The molecule has 0 saturated heterocycles. The van der Waals surface area contributed by atoms with E-state index in [2.05, 4.69) is 114 Å². The van der Waals surface area contributed by atoms with Gasteiger partial charge >= 0.3 is 0 Å². The highest BCUT2D eigenvalue weighted by molar-refractivity contribution is 4.89. The van der Waals surface area contributed by atoms with Crippen molar-refractivity contribution in [3.05, 3.63) is 72.9 Å². The summed E-state index contributed by atoms with van der Waals surface area (Å²) in [5.74, 6) is 0. The summed E-state index contributed by atoms with van der Waals surface area (Å²) >= 11 is 0. The predicted molar refractivity (Wildman–Crippen MR) is 537 cm³/mol. The Kier molecular flexibility index (Phi) is 108. The lowest BCUT2D eigenvalue weighted by molar-refractivity contribution is -0.197. The van der Waals surface area contributed by atoms with E-state index in [0.29, 0.717) is 39.6 Å². The van der Waals surface area contributed by atoms with Crippen molar-refractivity contribution < 1.29 is 28.4 Å². The van der Waals surface area contributed by atoms with E-state index >= 15 is 0 Å². The van der Waals surface area contributed by atoms with E-state index in [1.54, 1.807) is 0 Å². The van der Waals surface area contributed by atoms with Crippen LogP contribution in [0, 0.1) is 0 Å². The SMILES string of the molecule is CCCCCCCC/C=C/CCCCCCCCOC[C@H](OCCCCCCCC/C=C/CCCCCCCC)[C@@H](OCCCCCCCC/C=C/CCCCCCCC)[C@H](OCCCCCCCC/C=C/CCCCCCCC)[C@@H](COCCCCCCCC/C=C/CCCCCCCC)OCCCCCCCC/C=C/CCCCCCCC. The monoisotopic (exact) mass is 1680 g/mol. The first-order valence-electron chi connectivity index (χ1n) is 55.2. The Morgan fingerprint density at radius 3 is 0.417 bits per heavy atom. The summed E-state index contributed by atoms with van der Waals surface area (Å²) in [6.07, 6.45) is 138. The van der Waals surface area contributed by atoms with E-state index in [0.717, 1.165) is 51.7 Å². The van der Waals surface area contributed by atoms with Crippen LogP contribution in [0.2, 0.25) is 0 Å². The van der Waals surface area contributed by atoms with Crippen molar-refractivity contribution in [1.82, 2.24) is 0 Å². The Balaban J connectivity index is 6.96. The second-order valence-electron chi connectivity index (χ2n) is 37.3. The topological polar surface area (TPSA) is 55.4 Å². The smallest absolute Gasteiger partial charge is 0.115 e. The second kappa shape index (κ2) is 110. The van der Waals surface area contributed by atoms with Gasteiger partial charge in [-0.3, -0.25) is 0 Å². The van der Waals surface area contributed by atoms with Crippen molar-refractivity contribution in [2.75, 3.05) is 52.9 Å². The zero-order valence-corrected chi connectivity index (χ0v) is 82.7. The van der Waals surface area contributed by atoms with Crippen LogP contribution in [0.5, 0.6) is 0 Å². The highest BCUT2D eigenvalue weighted by Crippen LogP contribution is 2.26. The normalized spacial score (nSPS) is 13.3. The zero-order chi connectivity index (χ0) is 86.1. The molecule has 0 saturated carbocycles. The van der Waals surface area contributed by atoms with E-state index in [1.165, 1.54) is 501 Å². The summed E-state index contributed by atoms with van der Waals surface area (Å²) in [4.78, 5) is 0. The van der Waals surface area contributed by atoms with Crippen molar-refractivity contribution in [1.29, 1.82) is 0 Å². The molecular formula is C114H218O6. The summed E-state index contributed by atoms with van der Waals surface area (Å²) in [7, 11) is 0. The van der Waals surface area contributed by atoms with Gasteiger partial charge in [0.1, 0.15) is 24.4 Å². The average molecular weight is 1680 g/mol. The van der Waals surface area contributed by atoms with Crippen LogP contribution in [0.1, 0.15) is 581 Å². The minimum atomic E-state index is -0.338. The highest BCUT2D eigenvalue weighted by Gasteiger charge is 2.39. The van der Waals surface area contributed by atoms with Gasteiger partial charge < -0.3 is 28.4 Å². The van der Waals surface area contributed by atoms with Gasteiger partial charge in [0.25, 0.3) is 0 Å². The number of unbranched alkanes of at least 4 members (excludes halogenated alkanes) is 72. The summed E-state index contributed by atoms with van der Waals surface area (Å²) in [6, 6.07) is 0. The van der Waals surface area contributed by atoms with Crippen molar-refractivity contribution in [3.8, 4) is 0 Å². The number of allylic oxidation sites excluding steroid dienone is 12. The van der Waals surface area contributed by atoms with Gasteiger partial charge in [-0.15, -0.1) is 0 Å². The number of hydrogen-bond donors (Lipinski definition) is 0. The fraction of sp³-hybridized carbons (Fsp3) is 0.895. The van der Waals surface area contributed by atoms with Crippen LogP contribution < -0.4 is 0 Å². The molecule has 0 fully saturated rings. The first kappa shape index (κ1) is 118. The molecule has 120 heavy (non-hydrogen) atoms. The van der Waals surface area contributed by atoms with Crippen LogP contribution in [0.3, 0.4) is 0 Å². The van der Waals surface area contributed by atoms with Crippen LogP contribution in [0.4, 0.5) is 0 Å². The minimum Gasteiger partial charge on any atom is -0.379 e. The van der Waals surface area contributed by atoms with E-state index in [1.807, 2.05) is 0 Å². The van der Waals surface area contributed by atoms with E-state index in [-0.39, 0.29) is 24.4 Å². The first-order chi connectivity index (χ1) is 59.7. The van der Waals surface area contributed by atoms with E-state index < -0.39 is 0 Å².